The van der Waals surface area contributed by atoms with Crippen LogP contribution >= 0.6 is 0 Å². The van der Waals surface area contributed by atoms with Gasteiger partial charge in [0.1, 0.15) is 11.5 Å². The van der Waals surface area contributed by atoms with E-state index in [1.165, 1.54) is 21.0 Å². The van der Waals surface area contributed by atoms with Gasteiger partial charge in [0, 0.05) is 24.6 Å². The zero-order valence-electron chi connectivity index (χ0n) is 16.2. The quantitative estimate of drug-likeness (QED) is 0.508. The smallest absolute Gasteiger partial charge is 0.224 e. The third kappa shape index (κ3) is 6.42. The molecule has 0 saturated heterocycles. The fourth-order valence-corrected chi connectivity index (χ4v) is 2.51. The SMILES string of the molecule is COc1ccc(NC(C)=O)cc1NC(=O)CCCOc1ccc(C(C)=O)cc1. The Labute approximate surface area is 164 Å². The third-order valence-corrected chi connectivity index (χ3v) is 3.87. The highest BCUT2D eigenvalue weighted by atomic mass is 16.5. The predicted molar refractivity (Wildman–Crippen MR) is 107 cm³/mol. The zero-order valence-corrected chi connectivity index (χ0v) is 16.2. The summed E-state index contributed by atoms with van der Waals surface area (Å²) >= 11 is 0. The largest absolute Gasteiger partial charge is 0.495 e. The highest BCUT2D eigenvalue weighted by Crippen LogP contribution is 2.28. The van der Waals surface area contributed by atoms with Gasteiger partial charge in [-0.3, -0.25) is 14.4 Å². The minimum Gasteiger partial charge on any atom is -0.495 e. The Hall–Kier alpha value is -3.35. The van der Waals surface area contributed by atoms with Crippen LogP contribution in [0.2, 0.25) is 0 Å². The number of nitrogens with one attached hydrogen (secondary N) is 2. The van der Waals surface area contributed by atoms with Gasteiger partial charge in [0.25, 0.3) is 0 Å². The third-order valence-electron chi connectivity index (χ3n) is 3.87. The van der Waals surface area contributed by atoms with E-state index in [1.807, 2.05) is 0 Å². The number of hydrogen-bond donors (Lipinski definition) is 2. The number of hydrogen-bond acceptors (Lipinski definition) is 5. The van der Waals surface area contributed by atoms with Gasteiger partial charge in [0.15, 0.2) is 5.78 Å². The molecular formula is C21H24N2O5. The van der Waals surface area contributed by atoms with Gasteiger partial charge in [-0.25, -0.2) is 0 Å². The number of methoxy groups -OCH3 is 1. The van der Waals surface area contributed by atoms with Gasteiger partial charge in [0.05, 0.1) is 19.4 Å². The lowest BCUT2D eigenvalue weighted by Gasteiger charge is -2.12. The number of carbonyl (C=O) groups excluding carboxylic acids is 3. The van der Waals surface area contributed by atoms with Crippen LogP contribution < -0.4 is 20.1 Å². The highest BCUT2D eigenvalue weighted by molar-refractivity contribution is 5.95. The Morgan fingerprint density at radius 3 is 2.29 bits per heavy atom. The predicted octanol–water partition coefficient (Wildman–Crippen LogP) is 3.65. The van der Waals surface area contributed by atoms with Gasteiger partial charge < -0.3 is 20.1 Å². The van der Waals surface area contributed by atoms with Gasteiger partial charge in [-0.2, -0.15) is 0 Å². The van der Waals surface area contributed by atoms with Crippen molar-refractivity contribution in [1.29, 1.82) is 0 Å². The molecule has 2 rings (SSSR count). The van der Waals surface area contributed by atoms with Crippen molar-refractivity contribution in [2.75, 3.05) is 24.4 Å². The summed E-state index contributed by atoms with van der Waals surface area (Å²) in [6.45, 7) is 3.29. The molecule has 0 saturated carbocycles. The Morgan fingerprint density at radius 1 is 0.964 bits per heavy atom. The van der Waals surface area contributed by atoms with E-state index < -0.39 is 0 Å². The van der Waals surface area contributed by atoms with Gasteiger partial charge in [-0.1, -0.05) is 0 Å². The van der Waals surface area contributed by atoms with Crippen LogP contribution in [0.1, 0.15) is 37.0 Å². The fourth-order valence-electron chi connectivity index (χ4n) is 2.51. The van der Waals surface area contributed by atoms with Crippen LogP contribution in [0.4, 0.5) is 11.4 Å². The van der Waals surface area contributed by atoms with Crippen LogP contribution in [-0.2, 0) is 9.59 Å². The Morgan fingerprint density at radius 2 is 1.68 bits per heavy atom. The van der Waals surface area contributed by atoms with E-state index in [4.69, 9.17) is 9.47 Å². The van der Waals surface area contributed by atoms with E-state index in [1.54, 1.807) is 42.5 Å². The van der Waals surface area contributed by atoms with E-state index in [2.05, 4.69) is 10.6 Å². The molecule has 0 fully saturated rings. The Balaban J connectivity index is 1.83. The summed E-state index contributed by atoms with van der Waals surface area (Å²) in [5.74, 6) is 0.769. The summed E-state index contributed by atoms with van der Waals surface area (Å²) in [4.78, 5) is 34.6. The van der Waals surface area contributed by atoms with Crippen molar-refractivity contribution in [2.24, 2.45) is 0 Å². The van der Waals surface area contributed by atoms with Crippen LogP contribution in [0.5, 0.6) is 11.5 Å². The molecule has 2 amide bonds. The van der Waals surface area contributed by atoms with Crippen molar-refractivity contribution in [3.8, 4) is 11.5 Å². The number of anilines is 2. The number of carbonyl (C=O) groups is 3. The van der Waals surface area contributed by atoms with Crippen LogP contribution in [0.25, 0.3) is 0 Å². The Kier molecular flexibility index (Phi) is 7.56. The Bertz CT molecular complexity index is 846. The van der Waals surface area contributed by atoms with E-state index in [9.17, 15) is 14.4 Å². The molecule has 0 aliphatic heterocycles. The van der Waals surface area contributed by atoms with E-state index in [-0.39, 0.29) is 24.0 Å². The van der Waals surface area contributed by atoms with E-state index in [0.29, 0.717) is 41.5 Å². The van der Waals surface area contributed by atoms with E-state index >= 15 is 0 Å². The van der Waals surface area contributed by atoms with Crippen molar-refractivity contribution in [3.05, 3.63) is 48.0 Å². The topological polar surface area (TPSA) is 93.7 Å². The zero-order chi connectivity index (χ0) is 20.5. The molecule has 0 bridgehead atoms. The molecule has 0 aromatic heterocycles. The standard InChI is InChI=1S/C21H24N2O5/c1-14(24)16-6-9-18(10-7-16)28-12-4-5-21(26)23-19-13-17(22-15(2)25)8-11-20(19)27-3/h6-11,13H,4-5,12H2,1-3H3,(H,22,25)(H,23,26). The molecule has 0 heterocycles. The molecule has 2 aromatic rings. The second-order valence-corrected chi connectivity index (χ2v) is 6.18. The molecular weight excluding hydrogens is 360 g/mol. The number of rotatable bonds is 9. The minimum atomic E-state index is -0.198. The molecule has 0 aliphatic rings. The summed E-state index contributed by atoms with van der Waals surface area (Å²) in [6.07, 6.45) is 0.785. The molecule has 0 atom stereocenters. The minimum absolute atomic E-state index is 0.00113. The normalized spacial score (nSPS) is 10.1. The first-order chi connectivity index (χ1) is 13.4. The van der Waals surface area contributed by atoms with Gasteiger partial charge in [-0.15, -0.1) is 0 Å². The van der Waals surface area contributed by atoms with Crippen LogP contribution in [-0.4, -0.2) is 31.3 Å². The number of benzene rings is 2. The molecule has 7 heteroatoms. The molecule has 28 heavy (non-hydrogen) atoms. The maximum Gasteiger partial charge on any atom is 0.224 e. The summed E-state index contributed by atoms with van der Waals surface area (Å²) in [5.41, 5.74) is 1.68. The fraction of sp³-hybridized carbons (Fsp3) is 0.286. The maximum atomic E-state index is 12.2. The van der Waals surface area contributed by atoms with Crippen molar-refractivity contribution < 1.29 is 23.9 Å². The molecule has 0 unspecified atom stereocenters. The van der Waals surface area contributed by atoms with Gasteiger partial charge in [0.2, 0.25) is 11.8 Å². The molecule has 7 nitrogen and oxygen atoms in total. The average molecular weight is 384 g/mol. The van der Waals surface area contributed by atoms with Crippen LogP contribution in [0.3, 0.4) is 0 Å². The van der Waals surface area contributed by atoms with Crippen molar-refractivity contribution in [1.82, 2.24) is 0 Å². The molecule has 2 aromatic carbocycles. The van der Waals surface area contributed by atoms with Crippen molar-refractivity contribution >= 4 is 29.0 Å². The summed E-state index contributed by atoms with van der Waals surface area (Å²) in [7, 11) is 1.51. The van der Waals surface area contributed by atoms with Crippen molar-refractivity contribution in [2.45, 2.75) is 26.7 Å². The number of Topliss-reactive ketones (excluding diaryl/α,β-unsaturated/α-hetero) is 1. The second-order valence-electron chi connectivity index (χ2n) is 6.18. The number of amides is 2. The van der Waals surface area contributed by atoms with Gasteiger partial charge in [-0.05, 0) is 55.8 Å². The number of ketones is 1. The van der Waals surface area contributed by atoms with Crippen LogP contribution in [0, 0.1) is 0 Å². The number of ether oxygens (including phenoxy) is 2. The monoisotopic (exact) mass is 384 g/mol. The van der Waals surface area contributed by atoms with Crippen LogP contribution in [0.15, 0.2) is 42.5 Å². The second kappa shape index (κ2) is 10.1. The lowest BCUT2D eigenvalue weighted by Crippen LogP contribution is -2.14. The first-order valence-corrected chi connectivity index (χ1v) is 8.88. The highest BCUT2D eigenvalue weighted by Gasteiger charge is 2.09. The maximum absolute atomic E-state index is 12.2. The summed E-state index contributed by atoms with van der Waals surface area (Å²) in [5, 5.41) is 5.45. The average Bonchev–Trinajstić information content (AvgIpc) is 2.65. The summed E-state index contributed by atoms with van der Waals surface area (Å²) in [6, 6.07) is 11.9. The lowest BCUT2D eigenvalue weighted by molar-refractivity contribution is -0.116. The van der Waals surface area contributed by atoms with Crippen molar-refractivity contribution in [3.63, 3.8) is 0 Å². The first-order valence-electron chi connectivity index (χ1n) is 8.88. The first kappa shape index (κ1) is 21.0. The molecule has 148 valence electrons. The summed E-state index contributed by atoms with van der Waals surface area (Å²) < 4.78 is 10.8. The molecule has 0 aliphatic carbocycles. The lowest BCUT2D eigenvalue weighted by atomic mass is 10.1. The molecule has 0 spiro atoms. The van der Waals surface area contributed by atoms with E-state index in [0.717, 1.165) is 0 Å². The molecule has 2 N–H and O–H groups in total. The molecule has 0 radical (unpaired) electrons. The van der Waals surface area contributed by atoms with Gasteiger partial charge >= 0.3 is 0 Å².